The Bertz CT molecular complexity index is 910. The van der Waals surface area contributed by atoms with Crippen molar-refractivity contribution in [3.63, 3.8) is 0 Å². The van der Waals surface area contributed by atoms with E-state index in [-0.39, 0.29) is 0 Å². The first-order valence-corrected chi connectivity index (χ1v) is 8.73. The van der Waals surface area contributed by atoms with E-state index in [0.29, 0.717) is 0 Å². The molecule has 4 aromatic rings. The smallest absolute Gasteiger partial charge is 0.00672 e. The van der Waals surface area contributed by atoms with Gasteiger partial charge in [0.2, 0.25) is 0 Å². The van der Waals surface area contributed by atoms with Gasteiger partial charge in [0.15, 0.2) is 0 Å². The number of hydrogen-bond donors (Lipinski definition) is 0. The lowest BCUT2D eigenvalue weighted by Crippen LogP contribution is -1.91. The summed E-state index contributed by atoms with van der Waals surface area (Å²) in [6.07, 6.45) is 0. The molecule has 0 fully saturated rings. The normalized spacial score (nSPS) is 10.5. The molecule has 0 heteroatoms. The van der Waals surface area contributed by atoms with Crippen molar-refractivity contribution in [1.82, 2.24) is 0 Å². The maximum atomic E-state index is 2.24. The van der Waals surface area contributed by atoms with Crippen LogP contribution in [-0.2, 0) is 0 Å². The molecule has 0 atom stereocenters. The van der Waals surface area contributed by atoms with Gasteiger partial charge in [-0.3, -0.25) is 0 Å². The van der Waals surface area contributed by atoms with Gasteiger partial charge in [-0.2, -0.15) is 0 Å². The quantitative estimate of drug-likeness (QED) is 0.346. The minimum Gasteiger partial charge on any atom is -0.0683 e. The van der Waals surface area contributed by atoms with Gasteiger partial charge < -0.3 is 0 Å². The van der Waals surface area contributed by atoms with E-state index in [0.717, 1.165) is 0 Å². The van der Waals surface area contributed by atoms with Crippen LogP contribution in [0.2, 0.25) is 0 Å². The number of benzene rings is 4. The summed E-state index contributed by atoms with van der Waals surface area (Å²) in [6.45, 7) is 8.42. The molecule has 0 aliphatic heterocycles. The molecular formula is C24H24. The standard InChI is InChI=1S/C22H18.C2H6/c1-15-11-13-17-7-3-5-9-19(17)21(15)22-16(2)12-14-18-8-4-6-10-20(18)22;1-2/h3-14H,1-2H3;1-2H3. The molecule has 0 saturated carbocycles. The zero-order chi connectivity index (χ0) is 17.1. The van der Waals surface area contributed by atoms with Crippen molar-refractivity contribution in [1.29, 1.82) is 0 Å². The lowest BCUT2D eigenvalue weighted by Gasteiger charge is -2.16. The third-order valence-electron chi connectivity index (χ3n) is 4.52. The topological polar surface area (TPSA) is 0 Å². The van der Waals surface area contributed by atoms with Crippen molar-refractivity contribution in [2.24, 2.45) is 0 Å². The number of fused-ring (bicyclic) bond motifs is 2. The first kappa shape index (κ1) is 16.3. The summed E-state index contributed by atoms with van der Waals surface area (Å²) in [4.78, 5) is 0. The maximum Gasteiger partial charge on any atom is -0.00672 e. The SMILES string of the molecule is CC.Cc1ccc2ccccc2c1-c1c(C)ccc2ccccc12. The Balaban J connectivity index is 0.000000815. The van der Waals surface area contributed by atoms with E-state index in [2.05, 4.69) is 86.6 Å². The molecule has 0 aliphatic carbocycles. The van der Waals surface area contributed by atoms with Crippen LogP contribution in [-0.4, -0.2) is 0 Å². The van der Waals surface area contributed by atoms with Gasteiger partial charge in [0.05, 0.1) is 0 Å². The van der Waals surface area contributed by atoms with Gasteiger partial charge in [0.1, 0.15) is 0 Å². The van der Waals surface area contributed by atoms with Gasteiger partial charge in [0.25, 0.3) is 0 Å². The summed E-state index contributed by atoms with van der Waals surface area (Å²) in [5.41, 5.74) is 5.40. The zero-order valence-corrected chi connectivity index (χ0v) is 14.9. The summed E-state index contributed by atoms with van der Waals surface area (Å²) < 4.78 is 0. The van der Waals surface area contributed by atoms with E-state index < -0.39 is 0 Å². The molecule has 0 radical (unpaired) electrons. The Kier molecular flexibility index (Phi) is 4.66. The molecule has 0 unspecified atom stereocenters. The minimum atomic E-state index is 1.30. The first-order valence-electron chi connectivity index (χ1n) is 8.73. The van der Waals surface area contributed by atoms with E-state index in [1.807, 2.05) is 13.8 Å². The zero-order valence-electron chi connectivity index (χ0n) is 14.9. The fourth-order valence-corrected chi connectivity index (χ4v) is 3.42. The van der Waals surface area contributed by atoms with Gasteiger partial charge in [0, 0.05) is 0 Å². The third-order valence-corrected chi connectivity index (χ3v) is 4.52. The lowest BCUT2D eigenvalue weighted by molar-refractivity contribution is 1.45. The second-order valence-electron chi connectivity index (χ2n) is 5.96. The van der Waals surface area contributed by atoms with Gasteiger partial charge in [-0.25, -0.2) is 0 Å². The monoisotopic (exact) mass is 312 g/mol. The second-order valence-corrected chi connectivity index (χ2v) is 5.96. The second kappa shape index (κ2) is 6.88. The van der Waals surface area contributed by atoms with Crippen LogP contribution in [0.5, 0.6) is 0 Å². The molecule has 0 aliphatic rings. The highest BCUT2D eigenvalue weighted by molar-refractivity contribution is 6.07. The molecule has 120 valence electrons. The van der Waals surface area contributed by atoms with Crippen LogP contribution in [0.3, 0.4) is 0 Å². The highest BCUT2D eigenvalue weighted by Gasteiger charge is 2.12. The molecule has 0 heterocycles. The molecule has 4 aromatic carbocycles. The molecule has 0 spiro atoms. The Morgan fingerprint density at radius 2 is 0.833 bits per heavy atom. The molecule has 0 nitrogen and oxygen atoms in total. The van der Waals surface area contributed by atoms with Crippen molar-refractivity contribution in [3.8, 4) is 11.1 Å². The third kappa shape index (κ3) is 2.69. The van der Waals surface area contributed by atoms with Crippen molar-refractivity contribution in [2.45, 2.75) is 27.7 Å². The average Bonchev–Trinajstić information content (AvgIpc) is 2.64. The van der Waals surface area contributed by atoms with Crippen LogP contribution in [0.4, 0.5) is 0 Å². The van der Waals surface area contributed by atoms with Crippen LogP contribution >= 0.6 is 0 Å². The van der Waals surface area contributed by atoms with Gasteiger partial charge >= 0.3 is 0 Å². The fraction of sp³-hybridized carbons (Fsp3) is 0.167. The van der Waals surface area contributed by atoms with E-state index in [4.69, 9.17) is 0 Å². The molecule has 0 amide bonds. The summed E-state index contributed by atoms with van der Waals surface area (Å²) in [5.74, 6) is 0. The molecule has 0 saturated heterocycles. The number of aryl methyl sites for hydroxylation is 2. The Morgan fingerprint density at radius 1 is 0.458 bits per heavy atom. The van der Waals surface area contributed by atoms with Crippen LogP contribution < -0.4 is 0 Å². The van der Waals surface area contributed by atoms with E-state index in [9.17, 15) is 0 Å². The molecule has 4 rings (SSSR count). The summed E-state index contributed by atoms with van der Waals surface area (Å²) in [6, 6.07) is 26.2. The highest BCUT2D eigenvalue weighted by Crippen LogP contribution is 2.38. The van der Waals surface area contributed by atoms with Crippen LogP contribution in [0.1, 0.15) is 25.0 Å². The van der Waals surface area contributed by atoms with E-state index in [1.165, 1.54) is 43.8 Å². The average molecular weight is 312 g/mol. The maximum absolute atomic E-state index is 2.24. The summed E-state index contributed by atoms with van der Waals surface area (Å²) in [5, 5.41) is 5.27. The van der Waals surface area contributed by atoms with Gasteiger partial charge in [-0.15, -0.1) is 0 Å². The van der Waals surface area contributed by atoms with E-state index in [1.54, 1.807) is 0 Å². The Hall–Kier alpha value is -2.60. The predicted octanol–water partition coefficient (Wildman–Crippen LogP) is 7.30. The van der Waals surface area contributed by atoms with Crippen molar-refractivity contribution < 1.29 is 0 Å². The fourth-order valence-electron chi connectivity index (χ4n) is 3.42. The summed E-state index contributed by atoms with van der Waals surface area (Å²) in [7, 11) is 0. The van der Waals surface area contributed by atoms with Crippen LogP contribution in [0.25, 0.3) is 32.7 Å². The van der Waals surface area contributed by atoms with Crippen molar-refractivity contribution in [3.05, 3.63) is 83.9 Å². The van der Waals surface area contributed by atoms with Crippen LogP contribution in [0, 0.1) is 13.8 Å². The molecule has 0 N–H and O–H groups in total. The Labute approximate surface area is 144 Å². The predicted molar refractivity (Wildman–Crippen MR) is 108 cm³/mol. The molecular weight excluding hydrogens is 288 g/mol. The van der Waals surface area contributed by atoms with Crippen LogP contribution in [0.15, 0.2) is 72.8 Å². The van der Waals surface area contributed by atoms with Gasteiger partial charge in [-0.1, -0.05) is 86.6 Å². The first-order chi connectivity index (χ1) is 11.8. The van der Waals surface area contributed by atoms with Crippen molar-refractivity contribution >= 4 is 21.5 Å². The number of rotatable bonds is 1. The molecule has 0 aromatic heterocycles. The lowest BCUT2D eigenvalue weighted by atomic mass is 9.88. The van der Waals surface area contributed by atoms with E-state index >= 15 is 0 Å². The van der Waals surface area contributed by atoms with Crippen molar-refractivity contribution in [2.75, 3.05) is 0 Å². The largest absolute Gasteiger partial charge is 0.0683 e. The Morgan fingerprint density at radius 3 is 1.25 bits per heavy atom. The minimum absolute atomic E-state index is 1.30. The van der Waals surface area contributed by atoms with Gasteiger partial charge in [-0.05, 0) is 57.6 Å². The molecule has 24 heavy (non-hydrogen) atoms. The summed E-state index contributed by atoms with van der Waals surface area (Å²) >= 11 is 0. The number of hydrogen-bond acceptors (Lipinski definition) is 0. The molecule has 0 bridgehead atoms. The highest BCUT2D eigenvalue weighted by atomic mass is 14.2.